The third-order valence-electron chi connectivity index (χ3n) is 0. The van der Waals surface area contributed by atoms with Crippen LogP contribution in [0, 0.1) is 39.9 Å². The van der Waals surface area contributed by atoms with Gasteiger partial charge in [-0.1, -0.05) is 0 Å². The molecule has 0 aliphatic heterocycles. The summed E-state index contributed by atoms with van der Waals surface area (Å²) in [6.07, 6.45) is 0. The average molecular weight is 312 g/mol. The van der Waals surface area contributed by atoms with E-state index in [1.54, 1.807) is 0 Å². The summed E-state index contributed by atoms with van der Waals surface area (Å²) in [7, 11) is 0. The Balaban J connectivity index is 0. The van der Waals surface area contributed by atoms with Crippen molar-refractivity contribution in [3.63, 3.8) is 0 Å². The van der Waals surface area contributed by atoms with Gasteiger partial charge in [0.15, 0.2) is 0 Å². The van der Waals surface area contributed by atoms with Crippen LogP contribution in [-0.4, -0.2) is 34.9 Å². The first kappa shape index (κ1) is 36.8. The molecule has 0 aliphatic carbocycles. The maximum atomic E-state index is 0. The van der Waals surface area contributed by atoms with E-state index in [4.69, 9.17) is 0 Å². The molecule has 2 nitrogen and oxygen atoms in total. The van der Waals surface area contributed by atoms with Crippen LogP contribution in [-0.2, 0) is 0 Å². The Labute approximate surface area is 73.6 Å². The fraction of sp³-hybridized carbons (Fsp3) is 0. The van der Waals surface area contributed by atoms with Crippen LogP contribution in [0.5, 0.6) is 0 Å². The molecule has 4 N–H and O–H groups in total. The molecule has 0 saturated carbocycles. The van der Waals surface area contributed by atoms with Gasteiger partial charge in [-0.05, 0) is 0 Å². The van der Waals surface area contributed by atoms with Crippen molar-refractivity contribution in [2.45, 2.75) is 0 Å². The smallest absolute Gasteiger partial charge is 0 e. The van der Waals surface area contributed by atoms with Gasteiger partial charge >= 0.3 is 0 Å². The normalized spacial score (nSPS) is 0. The maximum absolute atomic E-state index is 0. The van der Waals surface area contributed by atoms with E-state index in [-0.39, 0.29) is 74.8 Å². The van der Waals surface area contributed by atoms with Gasteiger partial charge < -0.3 is 11.0 Å². The van der Waals surface area contributed by atoms with E-state index >= 15 is 0 Å². The van der Waals surface area contributed by atoms with Gasteiger partial charge in [-0.2, -0.15) is 0 Å². The van der Waals surface area contributed by atoms with Gasteiger partial charge in [-0.25, -0.2) is 0 Å². The minimum Gasteiger partial charge on any atom is -0.412 e. The van der Waals surface area contributed by atoms with Gasteiger partial charge in [-0.3, -0.25) is 0 Å². The molecule has 4 heavy (non-hydrogen) atoms. The van der Waals surface area contributed by atoms with Crippen LogP contribution in [0.4, 0.5) is 0 Å². The van der Waals surface area contributed by atoms with E-state index in [0.29, 0.717) is 0 Å². The number of hydrogen-bond donors (Lipinski definition) is 0. The molecule has 0 heterocycles. The van der Waals surface area contributed by atoms with E-state index in [0.717, 1.165) is 0 Å². The van der Waals surface area contributed by atoms with Crippen LogP contribution in [0.25, 0.3) is 0 Å². The Hall–Kier alpha value is 2.04. The first-order valence-electron chi connectivity index (χ1n) is 0. The molecule has 0 aliphatic rings. The summed E-state index contributed by atoms with van der Waals surface area (Å²) in [6, 6.07) is 0. The molecule has 0 bridgehead atoms. The van der Waals surface area contributed by atoms with Crippen LogP contribution < -0.4 is 0 Å². The molecule has 0 unspecified atom stereocenters. The second-order valence-corrected chi connectivity index (χ2v) is 0. The molecule has 0 rings (SSSR count). The standard InChI is InChI=1S/Gd.2H2O.Sn/h;2*1H2;. The topological polar surface area (TPSA) is 63.0 Å². The average Bonchev–Trinajstić information content (AvgIpc) is 0. The Morgan fingerprint density at radius 1 is 0.750 bits per heavy atom. The summed E-state index contributed by atoms with van der Waals surface area (Å²) in [5, 5.41) is 0. The molecule has 4 heteroatoms. The second kappa shape index (κ2) is 19.7. The second-order valence-electron chi connectivity index (χ2n) is 0. The molecule has 0 fully saturated rings. The molecule has 0 atom stereocenters. The molecule has 28 valence electrons. The minimum atomic E-state index is 0. The van der Waals surface area contributed by atoms with Gasteiger partial charge in [0, 0.05) is 63.8 Å². The van der Waals surface area contributed by atoms with E-state index < -0.39 is 0 Å². The van der Waals surface area contributed by atoms with Crippen molar-refractivity contribution in [3.05, 3.63) is 0 Å². The van der Waals surface area contributed by atoms with E-state index in [1.807, 2.05) is 0 Å². The molecular formula is H4GdO2Sn. The Kier molecular flexibility index (Phi) is 182. The zero-order valence-electron chi connectivity index (χ0n) is 1.85. The van der Waals surface area contributed by atoms with Gasteiger partial charge in [0.05, 0.1) is 0 Å². The van der Waals surface area contributed by atoms with Crippen LogP contribution in [0.1, 0.15) is 0 Å². The van der Waals surface area contributed by atoms with Crippen molar-refractivity contribution in [3.8, 4) is 0 Å². The van der Waals surface area contributed by atoms with Crippen molar-refractivity contribution in [2.75, 3.05) is 0 Å². The summed E-state index contributed by atoms with van der Waals surface area (Å²) >= 11 is 0. The number of rotatable bonds is 0. The molecule has 0 spiro atoms. The monoisotopic (exact) mass is 314 g/mol. The Morgan fingerprint density at radius 3 is 0.750 bits per heavy atom. The minimum absolute atomic E-state index is 0. The van der Waals surface area contributed by atoms with Crippen LogP contribution in [0.3, 0.4) is 0 Å². The zero-order chi connectivity index (χ0) is 0. The third kappa shape index (κ3) is 8.97. The first-order chi connectivity index (χ1) is 0. The van der Waals surface area contributed by atoms with Crippen LogP contribution in [0.15, 0.2) is 0 Å². The molecule has 0 aromatic carbocycles. The van der Waals surface area contributed by atoms with Crippen molar-refractivity contribution >= 4 is 23.9 Å². The quantitative estimate of drug-likeness (QED) is 0.463. The summed E-state index contributed by atoms with van der Waals surface area (Å²) < 4.78 is 0. The largest absolute Gasteiger partial charge is 0.412 e. The SMILES string of the molecule is O.O.[Gd].[Sn]. The molecular weight excluding hydrogens is 308 g/mol. The molecule has 0 aromatic heterocycles. The fourth-order valence-corrected chi connectivity index (χ4v) is 0. The van der Waals surface area contributed by atoms with E-state index in [2.05, 4.69) is 0 Å². The third-order valence-corrected chi connectivity index (χ3v) is 0. The van der Waals surface area contributed by atoms with Gasteiger partial charge in [-0.15, -0.1) is 0 Å². The molecule has 0 amide bonds. The van der Waals surface area contributed by atoms with Crippen LogP contribution >= 0.6 is 0 Å². The summed E-state index contributed by atoms with van der Waals surface area (Å²) in [4.78, 5) is 0. The Morgan fingerprint density at radius 2 is 0.750 bits per heavy atom. The fourth-order valence-electron chi connectivity index (χ4n) is 0. The summed E-state index contributed by atoms with van der Waals surface area (Å²) in [6.45, 7) is 0. The predicted molar refractivity (Wildman–Crippen MR) is 13.0 cm³/mol. The first-order valence-corrected chi connectivity index (χ1v) is 0. The molecule has 4 radical (unpaired) electrons. The Bertz CT molecular complexity index is 6.00. The van der Waals surface area contributed by atoms with Gasteiger partial charge in [0.2, 0.25) is 0 Å². The predicted octanol–water partition coefficient (Wildman–Crippen LogP) is -2.03. The number of hydrogen-bond acceptors (Lipinski definition) is 0. The van der Waals surface area contributed by atoms with E-state index in [1.165, 1.54) is 0 Å². The molecule has 0 aromatic rings. The zero-order valence-corrected chi connectivity index (χ0v) is 6.98. The van der Waals surface area contributed by atoms with Gasteiger partial charge in [0.25, 0.3) is 0 Å². The van der Waals surface area contributed by atoms with Crippen molar-refractivity contribution in [1.82, 2.24) is 0 Å². The van der Waals surface area contributed by atoms with E-state index in [9.17, 15) is 0 Å². The van der Waals surface area contributed by atoms with Crippen LogP contribution in [0.2, 0.25) is 0 Å². The molecule has 0 saturated heterocycles. The van der Waals surface area contributed by atoms with Gasteiger partial charge in [0.1, 0.15) is 0 Å². The van der Waals surface area contributed by atoms with Crippen molar-refractivity contribution in [1.29, 1.82) is 0 Å². The van der Waals surface area contributed by atoms with Crippen molar-refractivity contribution in [2.24, 2.45) is 0 Å². The summed E-state index contributed by atoms with van der Waals surface area (Å²) in [5.74, 6) is 0. The summed E-state index contributed by atoms with van der Waals surface area (Å²) in [5.41, 5.74) is 0. The van der Waals surface area contributed by atoms with Crippen molar-refractivity contribution < 1.29 is 50.9 Å². The maximum Gasteiger partial charge on any atom is 0 e.